The number of carbonyl (C=O) groups is 1. The Kier molecular flexibility index (Phi) is 4.26. The first-order valence-corrected chi connectivity index (χ1v) is 6.26. The van der Waals surface area contributed by atoms with Gasteiger partial charge < -0.3 is 15.1 Å². The van der Waals surface area contributed by atoms with E-state index in [0.29, 0.717) is 13.1 Å². The number of aromatic nitrogens is 2. The number of hydrogen-bond donors (Lipinski definition) is 1. The van der Waals surface area contributed by atoms with Gasteiger partial charge in [0.15, 0.2) is 11.6 Å². The fourth-order valence-corrected chi connectivity index (χ4v) is 2.00. The van der Waals surface area contributed by atoms with Crippen molar-refractivity contribution in [1.82, 2.24) is 20.2 Å². The van der Waals surface area contributed by atoms with Crippen molar-refractivity contribution >= 4 is 11.7 Å². The number of amides is 1. The van der Waals surface area contributed by atoms with Gasteiger partial charge in [0, 0.05) is 33.2 Å². The molecule has 1 aliphatic rings. The van der Waals surface area contributed by atoms with Crippen LogP contribution >= 0.6 is 0 Å². The lowest BCUT2D eigenvalue weighted by molar-refractivity contribution is -0.130. The number of halogens is 1. The highest BCUT2D eigenvalue weighted by atomic mass is 19.1. The summed E-state index contributed by atoms with van der Waals surface area (Å²) in [6.07, 6.45) is 1.31. The van der Waals surface area contributed by atoms with Gasteiger partial charge in [0.25, 0.3) is 0 Å². The molecule has 0 bridgehead atoms. The predicted octanol–water partition coefficient (Wildman–Crippen LogP) is -0.208. The summed E-state index contributed by atoms with van der Waals surface area (Å²) in [6.45, 7) is 4.68. The van der Waals surface area contributed by atoms with Gasteiger partial charge in [0.05, 0.1) is 12.2 Å². The molecule has 6 nitrogen and oxygen atoms in total. The second kappa shape index (κ2) is 5.92. The number of hydrogen-bond acceptors (Lipinski definition) is 5. The number of aryl methyl sites for hydroxylation is 1. The molecule has 0 aliphatic carbocycles. The van der Waals surface area contributed by atoms with E-state index < -0.39 is 5.82 Å². The van der Waals surface area contributed by atoms with Crippen molar-refractivity contribution < 1.29 is 9.18 Å². The highest BCUT2D eigenvalue weighted by Crippen LogP contribution is 2.15. The summed E-state index contributed by atoms with van der Waals surface area (Å²) in [4.78, 5) is 23.0. The van der Waals surface area contributed by atoms with Gasteiger partial charge in [0.2, 0.25) is 5.91 Å². The second-order valence-corrected chi connectivity index (χ2v) is 4.58. The van der Waals surface area contributed by atoms with Crippen LogP contribution in [-0.4, -0.2) is 60.5 Å². The van der Waals surface area contributed by atoms with E-state index >= 15 is 0 Å². The zero-order valence-corrected chi connectivity index (χ0v) is 11.2. The molecule has 1 aliphatic heterocycles. The van der Waals surface area contributed by atoms with Crippen LogP contribution in [0.5, 0.6) is 0 Å². The third-order valence-corrected chi connectivity index (χ3v) is 3.15. The molecule has 1 N–H and O–H groups in total. The van der Waals surface area contributed by atoms with Gasteiger partial charge in [-0.1, -0.05) is 0 Å². The largest absolute Gasteiger partial charge is 0.348 e. The van der Waals surface area contributed by atoms with Crippen molar-refractivity contribution in [3.8, 4) is 0 Å². The highest BCUT2D eigenvalue weighted by Gasteiger charge is 2.20. The Bertz CT molecular complexity index is 461. The van der Waals surface area contributed by atoms with E-state index in [9.17, 15) is 9.18 Å². The fraction of sp³-hybridized carbons (Fsp3) is 0.583. The summed E-state index contributed by atoms with van der Waals surface area (Å²) >= 11 is 0. The zero-order chi connectivity index (χ0) is 13.8. The van der Waals surface area contributed by atoms with Crippen LogP contribution in [0.25, 0.3) is 0 Å². The number of carbonyl (C=O) groups excluding carboxylic acids is 1. The Hall–Kier alpha value is -1.76. The van der Waals surface area contributed by atoms with E-state index in [1.165, 1.54) is 11.2 Å². The minimum Gasteiger partial charge on any atom is -0.348 e. The lowest BCUT2D eigenvalue weighted by Gasteiger charge is -2.29. The van der Waals surface area contributed by atoms with Crippen LogP contribution in [0.2, 0.25) is 0 Å². The number of anilines is 1. The molecule has 2 rings (SSSR count). The average molecular weight is 267 g/mol. The molecule has 7 heteroatoms. The smallest absolute Gasteiger partial charge is 0.242 e. The first kappa shape index (κ1) is 13.7. The van der Waals surface area contributed by atoms with Crippen molar-refractivity contribution in [3.63, 3.8) is 0 Å². The molecular formula is C12H18FN5O. The van der Waals surface area contributed by atoms with Crippen LogP contribution < -0.4 is 10.2 Å². The average Bonchev–Trinajstić information content (AvgIpc) is 2.42. The van der Waals surface area contributed by atoms with Crippen LogP contribution in [-0.2, 0) is 4.79 Å². The van der Waals surface area contributed by atoms with Gasteiger partial charge in [-0.15, -0.1) is 0 Å². The zero-order valence-electron chi connectivity index (χ0n) is 11.2. The summed E-state index contributed by atoms with van der Waals surface area (Å²) in [7, 11) is 1.66. The van der Waals surface area contributed by atoms with E-state index in [2.05, 4.69) is 15.3 Å². The lowest BCUT2D eigenvalue weighted by atomic mass is 10.3. The quantitative estimate of drug-likeness (QED) is 0.821. The van der Waals surface area contributed by atoms with Crippen LogP contribution in [0.15, 0.2) is 6.33 Å². The van der Waals surface area contributed by atoms with Gasteiger partial charge in [0.1, 0.15) is 6.33 Å². The number of piperazine rings is 1. The van der Waals surface area contributed by atoms with Crippen LogP contribution in [0, 0.1) is 12.7 Å². The third-order valence-electron chi connectivity index (χ3n) is 3.15. The van der Waals surface area contributed by atoms with Gasteiger partial charge >= 0.3 is 0 Å². The maximum Gasteiger partial charge on any atom is 0.242 e. The third kappa shape index (κ3) is 3.17. The summed E-state index contributed by atoms with van der Waals surface area (Å²) in [5.41, 5.74) is 0.284. The minimum atomic E-state index is -0.474. The standard InChI is InChI=1S/C12H18FN5O/c1-9-11(13)12(16-8-15-9)17(2)7-10(19)18-5-3-14-4-6-18/h8,14H,3-7H2,1-2H3. The van der Waals surface area contributed by atoms with Gasteiger partial charge in [-0.05, 0) is 6.92 Å². The monoisotopic (exact) mass is 267 g/mol. The number of likely N-dealkylation sites (N-methyl/N-ethyl adjacent to an activating group) is 1. The first-order chi connectivity index (χ1) is 9.09. The van der Waals surface area contributed by atoms with Crippen molar-refractivity contribution in [2.24, 2.45) is 0 Å². The summed E-state index contributed by atoms with van der Waals surface area (Å²) in [6, 6.07) is 0. The van der Waals surface area contributed by atoms with Crippen molar-refractivity contribution in [1.29, 1.82) is 0 Å². The second-order valence-electron chi connectivity index (χ2n) is 4.58. The number of rotatable bonds is 3. The molecule has 1 fully saturated rings. The van der Waals surface area contributed by atoms with Crippen molar-refractivity contribution in [3.05, 3.63) is 17.8 Å². The van der Waals surface area contributed by atoms with E-state index in [1.807, 2.05) is 0 Å². The molecule has 0 aromatic carbocycles. The van der Waals surface area contributed by atoms with Gasteiger partial charge in [-0.25, -0.2) is 14.4 Å². The van der Waals surface area contributed by atoms with Crippen LogP contribution in [0.4, 0.5) is 10.2 Å². The minimum absolute atomic E-state index is 0.0142. The molecule has 1 aromatic rings. The Labute approximate surface area is 111 Å². The molecule has 1 amide bonds. The molecule has 1 saturated heterocycles. The molecule has 104 valence electrons. The molecule has 0 atom stereocenters. The van der Waals surface area contributed by atoms with E-state index in [4.69, 9.17) is 0 Å². The van der Waals surface area contributed by atoms with Crippen molar-refractivity contribution in [2.45, 2.75) is 6.92 Å². The summed E-state index contributed by atoms with van der Waals surface area (Å²) in [5.74, 6) is -0.325. The van der Waals surface area contributed by atoms with Gasteiger partial charge in [-0.3, -0.25) is 4.79 Å². The SMILES string of the molecule is Cc1ncnc(N(C)CC(=O)N2CCNCC2)c1F. The molecule has 19 heavy (non-hydrogen) atoms. The molecule has 2 heterocycles. The predicted molar refractivity (Wildman–Crippen MR) is 69.4 cm³/mol. The maximum absolute atomic E-state index is 13.8. The molecule has 0 spiro atoms. The van der Waals surface area contributed by atoms with E-state index in [1.54, 1.807) is 18.9 Å². The number of nitrogens with zero attached hydrogens (tertiary/aromatic N) is 4. The highest BCUT2D eigenvalue weighted by molar-refractivity contribution is 5.81. The first-order valence-electron chi connectivity index (χ1n) is 6.26. The normalized spacial score (nSPS) is 15.4. The Morgan fingerprint density at radius 1 is 1.47 bits per heavy atom. The molecule has 1 aromatic heterocycles. The number of nitrogens with one attached hydrogen (secondary N) is 1. The Balaban J connectivity index is 2.02. The van der Waals surface area contributed by atoms with E-state index in [-0.39, 0.29) is 24.0 Å². The van der Waals surface area contributed by atoms with Crippen LogP contribution in [0.1, 0.15) is 5.69 Å². The molecule has 0 unspecified atom stereocenters. The molecular weight excluding hydrogens is 249 g/mol. The van der Waals surface area contributed by atoms with Crippen LogP contribution in [0.3, 0.4) is 0 Å². The van der Waals surface area contributed by atoms with Gasteiger partial charge in [-0.2, -0.15) is 0 Å². The topological polar surface area (TPSA) is 61.4 Å². The van der Waals surface area contributed by atoms with Crippen molar-refractivity contribution in [2.75, 3.05) is 44.7 Å². The fourth-order valence-electron chi connectivity index (χ4n) is 2.00. The summed E-state index contributed by atoms with van der Waals surface area (Å²) < 4.78 is 13.8. The Morgan fingerprint density at radius 2 is 2.16 bits per heavy atom. The maximum atomic E-state index is 13.8. The molecule has 0 radical (unpaired) electrons. The molecule has 0 saturated carbocycles. The van der Waals surface area contributed by atoms with E-state index in [0.717, 1.165) is 13.1 Å². The Morgan fingerprint density at radius 3 is 2.84 bits per heavy atom. The lowest BCUT2D eigenvalue weighted by Crippen LogP contribution is -2.49. The summed E-state index contributed by atoms with van der Waals surface area (Å²) in [5, 5.41) is 3.18.